The summed E-state index contributed by atoms with van der Waals surface area (Å²) in [6.07, 6.45) is 0. The Labute approximate surface area is 154 Å². The minimum Gasteiger partial charge on any atom is -0.495 e. The number of nitrogens with zero attached hydrogens (tertiary/aromatic N) is 1. The third-order valence-corrected chi connectivity index (χ3v) is 5.50. The predicted octanol–water partition coefficient (Wildman–Crippen LogP) is 2.89. The van der Waals surface area contributed by atoms with E-state index in [-0.39, 0.29) is 16.5 Å². The molecule has 2 aromatic rings. The summed E-state index contributed by atoms with van der Waals surface area (Å²) in [5.74, 6) is -2.15. The molecule has 2 rings (SSSR count). The third-order valence-electron chi connectivity index (χ3n) is 3.38. The van der Waals surface area contributed by atoms with E-state index >= 15 is 0 Å². The second-order valence-corrected chi connectivity index (χ2v) is 7.65. The number of nitrogens with one attached hydrogen (secondary N) is 1. The van der Waals surface area contributed by atoms with Crippen molar-refractivity contribution in [3.05, 3.63) is 53.1 Å². The van der Waals surface area contributed by atoms with E-state index < -0.39 is 39.0 Å². The van der Waals surface area contributed by atoms with E-state index in [9.17, 15) is 22.0 Å². The highest BCUT2D eigenvalue weighted by atomic mass is 35.5. The summed E-state index contributed by atoms with van der Waals surface area (Å²) in [7, 11) is -1.77. The van der Waals surface area contributed by atoms with E-state index in [2.05, 4.69) is 5.32 Å². The molecule has 10 heteroatoms. The standard InChI is InChI=1S/C16H15ClF2N2O4S/c1-21(9-16(22)20-11-4-5-13(19)12(17)8-11)26(23,24)15-7-10(18)3-6-14(15)25-2/h3-8H,9H2,1-2H3,(H,20,22). The Morgan fingerprint density at radius 3 is 2.54 bits per heavy atom. The molecule has 0 bridgehead atoms. The number of benzene rings is 2. The van der Waals surface area contributed by atoms with Crippen molar-refractivity contribution in [3.8, 4) is 5.75 Å². The number of halogens is 3. The molecule has 140 valence electrons. The SMILES string of the molecule is COc1ccc(F)cc1S(=O)(=O)N(C)CC(=O)Nc1ccc(F)c(Cl)c1. The number of hydrogen-bond acceptors (Lipinski definition) is 4. The van der Waals surface area contributed by atoms with Crippen molar-refractivity contribution in [2.45, 2.75) is 4.90 Å². The summed E-state index contributed by atoms with van der Waals surface area (Å²) in [4.78, 5) is 11.7. The number of ether oxygens (including phenoxy) is 1. The summed E-state index contributed by atoms with van der Waals surface area (Å²) >= 11 is 5.62. The summed E-state index contributed by atoms with van der Waals surface area (Å²) in [5.41, 5.74) is 0.204. The van der Waals surface area contributed by atoms with E-state index in [4.69, 9.17) is 16.3 Å². The number of rotatable bonds is 6. The van der Waals surface area contributed by atoms with Gasteiger partial charge < -0.3 is 10.1 Å². The Morgan fingerprint density at radius 1 is 1.23 bits per heavy atom. The van der Waals surface area contributed by atoms with Crippen LogP contribution in [0.2, 0.25) is 5.02 Å². The van der Waals surface area contributed by atoms with Crippen molar-refractivity contribution in [2.75, 3.05) is 26.0 Å². The lowest BCUT2D eigenvalue weighted by molar-refractivity contribution is -0.116. The topological polar surface area (TPSA) is 75.7 Å². The molecule has 0 heterocycles. The zero-order valence-electron chi connectivity index (χ0n) is 13.8. The van der Waals surface area contributed by atoms with E-state index in [1.807, 2.05) is 0 Å². The van der Waals surface area contributed by atoms with Crippen molar-refractivity contribution in [2.24, 2.45) is 0 Å². The molecular formula is C16H15ClF2N2O4S. The number of methoxy groups -OCH3 is 1. The van der Waals surface area contributed by atoms with Gasteiger partial charge in [-0.05, 0) is 36.4 Å². The summed E-state index contributed by atoms with van der Waals surface area (Å²) in [6.45, 7) is -0.559. The van der Waals surface area contributed by atoms with Crippen LogP contribution in [0.1, 0.15) is 0 Å². The lowest BCUT2D eigenvalue weighted by atomic mass is 10.3. The zero-order valence-corrected chi connectivity index (χ0v) is 15.4. The van der Waals surface area contributed by atoms with E-state index in [1.165, 1.54) is 25.3 Å². The number of anilines is 1. The maximum Gasteiger partial charge on any atom is 0.247 e. The smallest absolute Gasteiger partial charge is 0.247 e. The number of carbonyl (C=O) groups excluding carboxylic acids is 1. The predicted molar refractivity (Wildman–Crippen MR) is 92.8 cm³/mol. The molecule has 6 nitrogen and oxygen atoms in total. The molecule has 1 N–H and O–H groups in total. The Bertz CT molecular complexity index is 938. The first-order valence-corrected chi connectivity index (χ1v) is 9.01. The van der Waals surface area contributed by atoms with E-state index in [0.717, 1.165) is 29.6 Å². The number of hydrogen-bond donors (Lipinski definition) is 1. The molecule has 0 aliphatic carbocycles. The van der Waals surface area contributed by atoms with Gasteiger partial charge in [0.1, 0.15) is 22.3 Å². The highest BCUT2D eigenvalue weighted by molar-refractivity contribution is 7.89. The number of likely N-dealkylation sites (N-methyl/N-ethyl adjacent to an activating group) is 1. The summed E-state index contributed by atoms with van der Waals surface area (Å²) in [6, 6.07) is 6.58. The van der Waals surface area contributed by atoms with Crippen LogP contribution in [0.5, 0.6) is 5.75 Å². The second-order valence-electron chi connectivity index (χ2n) is 5.23. The maximum absolute atomic E-state index is 13.4. The molecular weight excluding hydrogens is 390 g/mol. The van der Waals surface area contributed by atoms with Gasteiger partial charge in [-0.15, -0.1) is 0 Å². The minimum absolute atomic E-state index is 0.0519. The molecule has 2 aromatic carbocycles. The van der Waals surface area contributed by atoms with Gasteiger partial charge in [0.05, 0.1) is 18.7 Å². The first kappa shape index (κ1) is 20.1. The van der Waals surface area contributed by atoms with Crippen molar-refractivity contribution in [3.63, 3.8) is 0 Å². The quantitative estimate of drug-likeness (QED) is 0.803. The molecule has 1 amide bonds. The van der Waals surface area contributed by atoms with Gasteiger partial charge in [0, 0.05) is 12.7 Å². The molecule has 0 unspecified atom stereocenters. The van der Waals surface area contributed by atoms with Crippen LogP contribution in [0.3, 0.4) is 0 Å². The maximum atomic E-state index is 13.4. The van der Waals surface area contributed by atoms with Crippen LogP contribution in [0.15, 0.2) is 41.3 Å². The van der Waals surface area contributed by atoms with E-state index in [0.29, 0.717) is 0 Å². The highest BCUT2D eigenvalue weighted by Gasteiger charge is 2.27. The van der Waals surface area contributed by atoms with Crippen LogP contribution in [0.25, 0.3) is 0 Å². The van der Waals surface area contributed by atoms with Gasteiger partial charge in [0.15, 0.2) is 0 Å². The first-order chi connectivity index (χ1) is 12.1. The molecule has 0 aliphatic rings. The van der Waals surface area contributed by atoms with Gasteiger partial charge in [-0.3, -0.25) is 4.79 Å². The highest BCUT2D eigenvalue weighted by Crippen LogP contribution is 2.27. The summed E-state index contributed by atoms with van der Waals surface area (Å²) < 4.78 is 57.4. The van der Waals surface area contributed by atoms with Crippen molar-refractivity contribution >= 4 is 33.2 Å². The minimum atomic E-state index is -4.19. The number of amides is 1. The zero-order chi connectivity index (χ0) is 19.5. The van der Waals surface area contributed by atoms with Crippen LogP contribution in [-0.2, 0) is 14.8 Å². The Kier molecular flexibility index (Phi) is 6.17. The molecule has 0 fully saturated rings. The molecule has 0 saturated carbocycles. The lowest BCUT2D eigenvalue weighted by Crippen LogP contribution is -2.35. The van der Waals surface area contributed by atoms with Gasteiger partial charge in [-0.25, -0.2) is 17.2 Å². The van der Waals surface area contributed by atoms with Crippen LogP contribution >= 0.6 is 11.6 Å². The third kappa shape index (κ3) is 4.48. The van der Waals surface area contributed by atoms with Crippen LogP contribution in [-0.4, -0.2) is 39.3 Å². The number of carbonyl (C=O) groups is 1. The monoisotopic (exact) mass is 404 g/mol. The van der Waals surface area contributed by atoms with Gasteiger partial charge in [-0.1, -0.05) is 11.6 Å². The Balaban J connectivity index is 2.17. The Morgan fingerprint density at radius 2 is 1.92 bits per heavy atom. The molecule has 0 aromatic heterocycles. The van der Waals surface area contributed by atoms with Crippen molar-refractivity contribution in [1.82, 2.24) is 4.31 Å². The molecule has 0 atom stereocenters. The van der Waals surface area contributed by atoms with Gasteiger partial charge in [0.25, 0.3) is 0 Å². The molecule has 26 heavy (non-hydrogen) atoms. The molecule has 0 radical (unpaired) electrons. The molecule has 0 aliphatic heterocycles. The fourth-order valence-electron chi connectivity index (χ4n) is 2.08. The first-order valence-electron chi connectivity index (χ1n) is 7.20. The lowest BCUT2D eigenvalue weighted by Gasteiger charge is -2.18. The largest absolute Gasteiger partial charge is 0.495 e. The molecule has 0 spiro atoms. The average molecular weight is 405 g/mol. The fourth-order valence-corrected chi connectivity index (χ4v) is 3.55. The number of sulfonamides is 1. The normalized spacial score (nSPS) is 11.5. The Hall–Kier alpha value is -2.23. The van der Waals surface area contributed by atoms with Crippen LogP contribution < -0.4 is 10.1 Å². The molecule has 0 saturated heterocycles. The van der Waals surface area contributed by atoms with Gasteiger partial charge >= 0.3 is 0 Å². The van der Waals surface area contributed by atoms with Crippen molar-refractivity contribution in [1.29, 1.82) is 0 Å². The van der Waals surface area contributed by atoms with Crippen LogP contribution in [0, 0.1) is 11.6 Å². The summed E-state index contributed by atoms with van der Waals surface area (Å²) in [5, 5.41) is 2.22. The second kappa shape index (κ2) is 7.98. The average Bonchev–Trinajstić information content (AvgIpc) is 2.58. The van der Waals surface area contributed by atoms with E-state index in [1.54, 1.807) is 0 Å². The fraction of sp³-hybridized carbons (Fsp3) is 0.188. The van der Waals surface area contributed by atoms with Crippen LogP contribution in [0.4, 0.5) is 14.5 Å². The van der Waals surface area contributed by atoms with Gasteiger partial charge in [0.2, 0.25) is 15.9 Å². The van der Waals surface area contributed by atoms with Gasteiger partial charge in [-0.2, -0.15) is 4.31 Å². The van der Waals surface area contributed by atoms with Crippen molar-refractivity contribution < 1.29 is 26.7 Å².